The van der Waals surface area contributed by atoms with Gasteiger partial charge in [-0.25, -0.2) is 9.59 Å². The number of carbonyl (C=O) groups excluding carboxylic acids is 8. The molecule has 31 nitrogen and oxygen atoms in total. The van der Waals surface area contributed by atoms with Crippen molar-refractivity contribution < 1.29 is 111 Å². The number of aliphatic hydroxyl groups excluding tert-OH is 8. The van der Waals surface area contributed by atoms with Gasteiger partial charge in [0.1, 0.15) is 43.4 Å². The second kappa shape index (κ2) is 29.1. The van der Waals surface area contributed by atoms with Crippen molar-refractivity contribution in [2.45, 2.75) is 118 Å². The van der Waals surface area contributed by atoms with Crippen LogP contribution in [0.2, 0.25) is 0 Å². The number of nitrogens with two attached hydrogens (primary N) is 1. The van der Waals surface area contributed by atoms with Crippen LogP contribution in [0.4, 0.5) is 9.59 Å². The van der Waals surface area contributed by atoms with Crippen LogP contribution in [0.15, 0.2) is 43.5 Å². The van der Waals surface area contributed by atoms with Gasteiger partial charge in [-0.1, -0.05) is 38.3 Å². The number of aliphatic hydroxyl groups is 8. The van der Waals surface area contributed by atoms with Gasteiger partial charge in [0.2, 0.25) is 35.4 Å². The van der Waals surface area contributed by atoms with Crippen LogP contribution in [-0.2, 0) is 44.7 Å². The van der Waals surface area contributed by atoms with E-state index in [2.05, 4.69) is 34.4 Å². The molecule has 7 amide bonds. The summed E-state index contributed by atoms with van der Waals surface area (Å²) < 4.78 is 49.0. The number of β-amino-alcohol motifs (C(OH)–C–C–N with tert-alkyl or cyclic N) is 1. The zero-order valence-electron chi connectivity index (χ0n) is 42.5. The van der Waals surface area contributed by atoms with Crippen LogP contribution in [0, 0.1) is 5.92 Å². The summed E-state index contributed by atoms with van der Waals surface area (Å²) in [6.07, 6.45) is -13.5. The first kappa shape index (κ1) is 64.3. The Morgan fingerprint density at radius 2 is 1.42 bits per heavy atom. The van der Waals surface area contributed by atoms with Crippen LogP contribution in [-0.4, -0.2) is 248 Å². The fraction of sp³-hybridized carbons (Fsp3) is 0.609. The van der Waals surface area contributed by atoms with E-state index < -0.39 is 220 Å². The molecule has 4 rings (SSSR count). The van der Waals surface area contributed by atoms with E-state index >= 15 is 0 Å². The van der Waals surface area contributed by atoms with Crippen LogP contribution in [0.3, 0.4) is 0 Å². The molecule has 3 aliphatic heterocycles. The zero-order chi connectivity index (χ0) is 58.3. The molecule has 0 spiro atoms. The monoisotopic (exact) mass is 1130 g/mol. The molecule has 0 saturated carbocycles. The average Bonchev–Trinajstić information content (AvgIpc) is 3.94. The van der Waals surface area contributed by atoms with Crippen molar-refractivity contribution in [1.82, 2.24) is 36.0 Å². The van der Waals surface area contributed by atoms with Crippen molar-refractivity contribution in [1.29, 1.82) is 0 Å². The van der Waals surface area contributed by atoms with E-state index in [0.29, 0.717) is 0 Å². The predicted octanol–water partition coefficient (Wildman–Crippen LogP) is -5.25. The summed E-state index contributed by atoms with van der Waals surface area (Å²) in [7, 11) is 0. The molecule has 0 radical (unpaired) electrons. The molecule has 0 aromatic heterocycles. The van der Waals surface area contributed by atoms with E-state index in [9.17, 15) is 92.9 Å². The predicted molar refractivity (Wildman–Crippen MR) is 267 cm³/mol. The molecule has 3 aliphatic rings. The molecular weight excluding hydrogens is 1060 g/mol. The van der Waals surface area contributed by atoms with Crippen LogP contribution >= 0.6 is 11.2 Å². The van der Waals surface area contributed by atoms with Crippen molar-refractivity contribution in [2.24, 2.45) is 11.7 Å². The minimum Gasteiger partial charge on any atom is -0.445 e. The summed E-state index contributed by atoms with van der Waals surface area (Å²) >= 11 is -4.87. The highest BCUT2D eigenvalue weighted by molar-refractivity contribution is 8.15. The topological polar surface area (TPSA) is 480 Å². The summed E-state index contributed by atoms with van der Waals surface area (Å²) in [5.74, 6) is -9.68. The largest absolute Gasteiger partial charge is 0.514 e. The van der Waals surface area contributed by atoms with Gasteiger partial charge < -0.3 is 101 Å². The number of fused-ring (bicyclic) bond motifs is 2. The molecule has 32 heteroatoms. The Bertz CT molecular complexity index is 2310. The molecule has 3 saturated heterocycles. The number of amides is 7. The highest BCUT2D eigenvalue weighted by atomic mass is 32.3. The molecule has 1 aromatic carbocycles. The highest BCUT2D eigenvalue weighted by Crippen LogP contribution is 2.41. The number of carbonyl (C=O) groups is 8. The molecule has 1 aromatic rings. The number of rotatable bonds is 18. The maximum absolute atomic E-state index is 14.9. The van der Waals surface area contributed by atoms with Crippen molar-refractivity contribution in [2.75, 3.05) is 52.6 Å². The van der Waals surface area contributed by atoms with Crippen molar-refractivity contribution in [3.05, 3.63) is 49.1 Å². The Morgan fingerprint density at radius 3 is 2.04 bits per heavy atom. The van der Waals surface area contributed by atoms with Gasteiger partial charge in [0, 0.05) is 44.9 Å². The summed E-state index contributed by atoms with van der Waals surface area (Å²) in [5.41, 5.74) is 5.92. The molecule has 78 heavy (non-hydrogen) atoms. The van der Waals surface area contributed by atoms with Gasteiger partial charge >= 0.3 is 12.2 Å². The molecule has 438 valence electrons. The number of benzene rings is 1. The number of nitrogens with zero attached hydrogens (tertiary/aromatic N) is 3. The first-order valence-electron chi connectivity index (χ1n) is 24.3. The Kier molecular flexibility index (Phi) is 24.0. The third-order valence-electron chi connectivity index (χ3n) is 12.7. The van der Waals surface area contributed by atoms with Crippen LogP contribution in [0.1, 0.15) is 38.7 Å². The van der Waals surface area contributed by atoms with E-state index in [1.165, 1.54) is 19.1 Å². The number of hydrogen-bond donors (Lipinski definition) is 16. The molecule has 13 atom stereocenters. The van der Waals surface area contributed by atoms with Crippen molar-refractivity contribution in [3.63, 3.8) is 0 Å². The SMILES string of the molecule is C=CCOC(=O)Oc1ccc(C[C@@H](O)[C@@H]2NC(=O)[C@@H]3C[C@@H](O)CN3C(=O)[C@H]([C@@H](C)O)NC(=O)C(N)C[C@@H](O)CNC(=O)[C@@H]3[C@@H](O)[C@@H](C)CN3C(=O)[C@H]([C@H](O)CCN(C(=O)OCC=C)C(CO)CO)NC2=O)cc1OS(O)(O)O. The molecule has 0 bridgehead atoms. The first-order chi connectivity index (χ1) is 36.7. The van der Waals surface area contributed by atoms with Crippen molar-refractivity contribution >= 4 is 58.8 Å². The van der Waals surface area contributed by atoms with Crippen LogP contribution < -0.4 is 35.9 Å². The fourth-order valence-electron chi connectivity index (χ4n) is 8.71. The third-order valence-corrected chi connectivity index (χ3v) is 13.1. The van der Waals surface area contributed by atoms with E-state index in [1.54, 1.807) is 0 Å². The highest BCUT2D eigenvalue weighted by Gasteiger charge is 2.50. The number of ether oxygens (including phenoxy) is 3. The van der Waals surface area contributed by atoms with Crippen LogP contribution in [0.5, 0.6) is 11.5 Å². The summed E-state index contributed by atoms with van der Waals surface area (Å²) in [4.78, 5) is 113. The minimum atomic E-state index is -4.87. The van der Waals surface area contributed by atoms with Gasteiger partial charge in [-0.15, -0.1) is 0 Å². The fourth-order valence-corrected chi connectivity index (χ4v) is 9.08. The van der Waals surface area contributed by atoms with Gasteiger partial charge in [-0.05, 0) is 37.5 Å². The van der Waals surface area contributed by atoms with E-state index in [0.717, 1.165) is 39.8 Å². The normalized spacial score (nSPS) is 27.3. The van der Waals surface area contributed by atoms with Gasteiger partial charge in [-0.2, -0.15) is 0 Å². The minimum absolute atomic E-state index is 0.142. The quantitative estimate of drug-likeness (QED) is 0.0371. The second-order valence-corrected chi connectivity index (χ2v) is 19.8. The van der Waals surface area contributed by atoms with Crippen LogP contribution in [0.25, 0.3) is 0 Å². The summed E-state index contributed by atoms with van der Waals surface area (Å²) in [6, 6.07) is -9.99. The van der Waals surface area contributed by atoms with Gasteiger partial charge in [0.25, 0.3) is 11.2 Å². The molecule has 17 N–H and O–H groups in total. The van der Waals surface area contributed by atoms with E-state index in [1.807, 2.05) is 0 Å². The molecule has 0 aliphatic carbocycles. The lowest BCUT2D eigenvalue weighted by atomic mass is 9.98. The Morgan fingerprint density at radius 1 is 0.808 bits per heavy atom. The molecular formula is C46H70N8O23S. The summed E-state index contributed by atoms with van der Waals surface area (Å²) in [5, 5.41) is 96.9. The standard InChI is InChI=1S/C46H70N8O23S/c1-5-11-74-45(69)52(25(20-55)21-56)10-9-30(60)36-44(68)54-18-22(3)38(62)37(54)42(66)48-17-26(58)15-28(47)39(63)49-34(23(4)57)43(67)53-19-27(59)16-29(53)40(64)50-35(41(65)51-36)31(61)13-24-7-8-32(76-46(70)75-12-6-2)33(14-24)77-78(71,72)73/h5-8,14,22-23,25-31,34-38,55-62,71-73H,1-2,9-13,15-21,47H2,3-4H3,(H,48,66)(H,49,63)(H,50,64)(H,51,65)/t22-,23+,26+,27+,28?,29-,30+,31+,34-,35-,36-,37-,38-/m0/s1. The van der Waals surface area contributed by atoms with E-state index in [-0.39, 0.29) is 18.8 Å². The third kappa shape index (κ3) is 17.4. The van der Waals surface area contributed by atoms with E-state index in [4.69, 9.17) is 24.1 Å². The van der Waals surface area contributed by atoms with Crippen molar-refractivity contribution in [3.8, 4) is 11.5 Å². The smallest absolute Gasteiger partial charge is 0.445 e. The second-order valence-electron chi connectivity index (χ2n) is 18.7. The lowest BCUT2D eigenvalue weighted by molar-refractivity contribution is -0.147. The van der Waals surface area contributed by atoms with Gasteiger partial charge in [0.05, 0.1) is 61.9 Å². The maximum atomic E-state index is 14.9. The number of hydrogen-bond acceptors (Lipinski definition) is 24. The Hall–Kier alpha value is -6.27. The lowest BCUT2D eigenvalue weighted by Gasteiger charge is -2.35. The Labute approximate surface area is 448 Å². The summed E-state index contributed by atoms with van der Waals surface area (Å²) in [6.45, 7) is 4.72. The lowest BCUT2D eigenvalue weighted by Crippen LogP contribution is -2.64. The molecule has 1 unspecified atom stereocenters. The average molecular weight is 1140 g/mol. The first-order valence-corrected chi connectivity index (χ1v) is 25.8. The van der Waals surface area contributed by atoms with Gasteiger partial charge in [0.15, 0.2) is 11.5 Å². The molecule has 3 fully saturated rings. The van der Waals surface area contributed by atoms with Gasteiger partial charge in [-0.3, -0.25) is 42.4 Å². The zero-order valence-corrected chi connectivity index (χ0v) is 43.3. The maximum Gasteiger partial charge on any atom is 0.514 e. The number of nitrogens with one attached hydrogen (secondary N) is 4. The Balaban J connectivity index is 1.90. The molecule has 3 heterocycles.